The normalized spacial score (nSPS) is 11.6. The Morgan fingerprint density at radius 2 is 1.58 bits per heavy atom. The van der Waals surface area contributed by atoms with Crippen LogP contribution in [0.1, 0.15) is 88.8 Å². The van der Waals surface area contributed by atoms with Gasteiger partial charge in [0.25, 0.3) is 0 Å². The summed E-state index contributed by atoms with van der Waals surface area (Å²) in [5, 5.41) is 8.03. The Kier molecular flexibility index (Phi) is 9.70. The molecule has 2 aromatic rings. The number of benzene rings is 1. The van der Waals surface area contributed by atoms with Crippen molar-refractivity contribution in [3.63, 3.8) is 0 Å². The lowest BCUT2D eigenvalue weighted by molar-refractivity contribution is 0.0886. The minimum absolute atomic E-state index is 0.0496. The smallest absolute Gasteiger partial charge is 0.248 e. The molecule has 0 spiro atoms. The molecule has 0 saturated heterocycles. The molecule has 1 aromatic carbocycles. The van der Waals surface area contributed by atoms with E-state index in [4.69, 9.17) is 0 Å². The van der Waals surface area contributed by atoms with Crippen LogP contribution in [0.25, 0.3) is 11.0 Å². The molecule has 0 saturated carbocycles. The summed E-state index contributed by atoms with van der Waals surface area (Å²) in [5.74, 6) is 0.0496. The van der Waals surface area contributed by atoms with Crippen LogP contribution in [0.3, 0.4) is 0 Å². The molecule has 0 aliphatic carbocycles. The van der Waals surface area contributed by atoms with E-state index in [9.17, 15) is 4.79 Å². The first-order chi connectivity index (χ1) is 12.8. The number of carbonyl (C=O) groups excluding carboxylic acids is 1. The summed E-state index contributed by atoms with van der Waals surface area (Å²) in [5.41, 5.74) is 1.59. The SMILES string of the molecule is CCCC/C=C/CCCCCCCCCC(=O)n1nnc2ccccc21. The first-order valence-corrected chi connectivity index (χ1v) is 10.3. The molecule has 0 radical (unpaired) electrons. The molecule has 0 N–H and O–H groups in total. The summed E-state index contributed by atoms with van der Waals surface area (Å²) in [4.78, 5) is 12.3. The lowest BCUT2D eigenvalue weighted by Gasteiger charge is -2.02. The van der Waals surface area contributed by atoms with Crippen LogP contribution >= 0.6 is 0 Å². The van der Waals surface area contributed by atoms with Crippen LogP contribution in [-0.4, -0.2) is 20.9 Å². The zero-order valence-corrected chi connectivity index (χ0v) is 16.2. The van der Waals surface area contributed by atoms with E-state index in [1.165, 1.54) is 62.5 Å². The molecule has 4 heteroatoms. The average molecular weight is 356 g/mol. The number of nitrogens with zero attached hydrogens (tertiary/aromatic N) is 3. The highest BCUT2D eigenvalue weighted by molar-refractivity contribution is 5.88. The quantitative estimate of drug-likeness (QED) is 0.311. The molecule has 0 aliphatic heterocycles. The second kappa shape index (κ2) is 12.4. The minimum Gasteiger partial charge on any atom is -0.273 e. The lowest BCUT2D eigenvalue weighted by Crippen LogP contribution is -2.12. The van der Waals surface area contributed by atoms with Gasteiger partial charge >= 0.3 is 0 Å². The van der Waals surface area contributed by atoms with Crippen LogP contribution in [0, 0.1) is 0 Å². The summed E-state index contributed by atoms with van der Waals surface area (Å²) in [6.45, 7) is 2.24. The predicted octanol–water partition coefficient (Wildman–Crippen LogP) is 6.33. The van der Waals surface area contributed by atoms with E-state index in [1.54, 1.807) is 0 Å². The highest BCUT2D eigenvalue weighted by Gasteiger charge is 2.10. The van der Waals surface area contributed by atoms with Crippen molar-refractivity contribution in [1.82, 2.24) is 15.0 Å². The van der Waals surface area contributed by atoms with Crippen molar-refractivity contribution in [2.75, 3.05) is 0 Å². The van der Waals surface area contributed by atoms with Crippen molar-refractivity contribution in [1.29, 1.82) is 0 Å². The highest BCUT2D eigenvalue weighted by Crippen LogP contribution is 2.13. The summed E-state index contributed by atoms with van der Waals surface area (Å²) < 4.78 is 1.45. The monoisotopic (exact) mass is 355 g/mol. The zero-order chi connectivity index (χ0) is 18.5. The molecule has 2 rings (SSSR count). The van der Waals surface area contributed by atoms with E-state index in [0.29, 0.717) is 6.42 Å². The van der Waals surface area contributed by atoms with E-state index in [-0.39, 0.29) is 5.91 Å². The van der Waals surface area contributed by atoms with E-state index in [2.05, 4.69) is 29.4 Å². The third-order valence-electron chi connectivity index (χ3n) is 4.74. The standard InChI is InChI=1S/C22H33N3O/c1-2-3-4-5-6-7-8-9-10-11-12-13-14-19-22(26)25-21-18-16-15-17-20(21)23-24-25/h5-6,15-18H,2-4,7-14,19H2,1H3/b6-5+. The van der Waals surface area contributed by atoms with Crippen molar-refractivity contribution < 1.29 is 4.79 Å². The molecule has 1 heterocycles. The number of para-hydroxylation sites is 1. The van der Waals surface area contributed by atoms with Crippen LogP contribution in [0.15, 0.2) is 36.4 Å². The third kappa shape index (κ3) is 7.11. The Bertz CT molecular complexity index is 675. The van der Waals surface area contributed by atoms with Gasteiger partial charge in [-0.05, 0) is 37.8 Å². The molecule has 0 unspecified atom stereocenters. The zero-order valence-electron chi connectivity index (χ0n) is 16.2. The van der Waals surface area contributed by atoms with Crippen LogP contribution < -0.4 is 0 Å². The van der Waals surface area contributed by atoms with Crippen molar-refractivity contribution in [3.05, 3.63) is 36.4 Å². The molecule has 0 atom stereocenters. The number of unbranched alkanes of at least 4 members (excludes halogenated alkanes) is 9. The summed E-state index contributed by atoms with van der Waals surface area (Å²) in [7, 11) is 0. The second-order valence-corrected chi connectivity index (χ2v) is 7.01. The van der Waals surface area contributed by atoms with Crippen molar-refractivity contribution >= 4 is 16.9 Å². The Morgan fingerprint density at radius 1 is 0.923 bits per heavy atom. The van der Waals surface area contributed by atoms with Gasteiger partial charge in [-0.2, -0.15) is 4.68 Å². The van der Waals surface area contributed by atoms with Gasteiger partial charge in [-0.15, -0.1) is 5.10 Å². The topological polar surface area (TPSA) is 47.8 Å². The van der Waals surface area contributed by atoms with Crippen LogP contribution in [0.4, 0.5) is 0 Å². The van der Waals surface area contributed by atoms with E-state index < -0.39 is 0 Å². The molecule has 0 aliphatic rings. The number of hydrogen-bond donors (Lipinski definition) is 0. The van der Waals surface area contributed by atoms with Crippen molar-refractivity contribution in [2.45, 2.75) is 84.0 Å². The first kappa shape index (κ1) is 20.3. The summed E-state index contributed by atoms with van der Waals surface area (Å²) in [6, 6.07) is 7.60. The van der Waals surface area contributed by atoms with Gasteiger partial charge in [-0.1, -0.05) is 81.4 Å². The van der Waals surface area contributed by atoms with Gasteiger partial charge in [0, 0.05) is 6.42 Å². The van der Waals surface area contributed by atoms with E-state index in [0.717, 1.165) is 23.9 Å². The number of hydrogen-bond acceptors (Lipinski definition) is 3. The largest absolute Gasteiger partial charge is 0.273 e. The molecular formula is C22H33N3O. The fourth-order valence-corrected chi connectivity index (χ4v) is 3.14. The van der Waals surface area contributed by atoms with Gasteiger partial charge in [0.05, 0.1) is 5.52 Å². The Balaban J connectivity index is 1.48. The minimum atomic E-state index is 0.0496. The van der Waals surface area contributed by atoms with E-state index >= 15 is 0 Å². The third-order valence-corrected chi connectivity index (χ3v) is 4.74. The summed E-state index contributed by atoms with van der Waals surface area (Å²) in [6.07, 6.45) is 18.8. The highest BCUT2D eigenvalue weighted by atomic mass is 16.2. The average Bonchev–Trinajstić information content (AvgIpc) is 3.09. The fourth-order valence-electron chi connectivity index (χ4n) is 3.14. The first-order valence-electron chi connectivity index (χ1n) is 10.3. The maximum absolute atomic E-state index is 12.3. The molecule has 1 aromatic heterocycles. The van der Waals surface area contributed by atoms with Gasteiger partial charge < -0.3 is 0 Å². The van der Waals surface area contributed by atoms with Crippen molar-refractivity contribution in [2.24, 2.45) is 0 Å². The number of allylic oxidation sites excluding steroid dienone is 2. The number of rotatable bonds is 13. The lowest BCUT2D eigenvalue weighted by atomic mass is 10.1. The molecule has 26 heavy (non-hydrogen) atoms. The van der Waals surface area contributed by atoms with E-state index in [1.807, 2.05) is 24.3 Å². The van der Waals surface area contributed by atoms with Crippen LogP contribution in [0.2, 0.25) is 0 Å². The molecule has 0 bridgehead atoms. The molecular weight excluding hydrogens is 322 g/mol. The maximum Gasteiger partial charge on any atom is 0.248 e. The van der Waals surface area contributed by atoms with Crippen molar-refractivity contribution in [3.8, 4) is 0 Å². The van der Waals surface area contributed by atoms with Gasteiger partial charge in [0.1, 0.15) is 5.52 Å². The van der Waals surface area contributed by atoms with Gasteiger partial charge in [0.2, 0.25) is 5.91 Å². The number of aromatic nitrogens is 3. The maximum atomic E-state index is 12.3. The Hall–Kier alpha value is -1.97. The van der Waals surface area contributed by atoms with Gasteiger partial charge in [0.15, 0.2) is 0 Å². The van der Waals surface area contributed by atoms with Crippen LogP contribution in [-0.2, 0) is 0 Å². The predicted molar refractivity (Wildman–Crippen MR) is 108 cm³/mol. The summed E-state index contributed by atoms with van der Waals surface area (Å²) >= 11 is 0. The Morgan fingerprint density at radius 3 is 2.35 bits per heavy atom. The van der Waals surface area contributed by atoms with Crippen LogP contribution in [0.5, 0.6) is 0 Å². The molecule has 0 fully saturated rings. The molecule has 0 amide bonds. The molecule has 142 valence electrons. The van der Waals surface area contributed by atoms with Gasteiger partial charge in [-0.25, -0.2) is 0 Å². The number of carbonyl (C=O) groups is 1. The Labute approximate surface area is 157 Å². The second-order valence-electron chi connectivity index (χ2n) is 7.01. The number of fused-ring (bicyclic) bond motifs is 1. The fraction of sp³-hybridized carbons (Fsp3) is 0.591. The molecule has 4 nitrogen and oxygen atoms in total. The van der Waals surface area contributed by atoms with Gasteiger partial charge in [-0.3, -0.25) is 4.79 Å².